The summed E-state index contributed by atoms with van der Waals surface area (Å²) in [6.45, 7) is 2.30. The van der Waals surface area contributed by atoms with Gasteiger partial charge in [-0.05, 0) is 58.2 Å². The second-order valence-corrected chi connectivity index (χ2v) is 6.22. The molecule has 154 valence electrons. The maximum absolute atomic E-state index is 10.7. The van der Waals surface area contributed by atoms with Crippen molar-refractivity contribution in [2.75, 3.05) is 26.2 Å². The molecule has 0 aromatic rings. The van der Waals surface area contributed by atoms with E-state index < -0.39 is 18.0 Å². The third-order valence-corrected chi connectivity index (χ3v) is 3.74. The van der Waals surface area contributed by atoms with E-state index in [1.54, 1.807) is 0 Å². The van der Waals surface area contributed by atoms with Crippen molar-refractivity contribution in [3.8, 4) is 24.7 Å². The molecule has 0 aliphatic rings. The van der Waals surface area contributed by atoms with Crippen LogP contribution in [0, 0.1) is 24.7 Å². The summed E-state index contributed by atoms with van der Waals surface area (Å²) >= 11 is 0. The Morgan fingerprint density at radius 3 is 1.81 bits per heavy atom. The molecule has 0 amide bonds. The van der Waals surface area contributed by atoms with Crippen molar-refractivity contribution in [1.29, 1.82) is 0 Å². The van der Waals surface area contributed by atoms with Crippen LogP contribution >= 0.6 is 0 Å². The number of carboxylic acids is 2. The fourth-order valence-corrected chi connectivity index (χ4v) is 2.22. The van der Waals surface area contributed by atoms with Gasteiger partial charge >= 0.3 is 11.9 Å². The highest BCUT2D eigenvalue weighted by molar-refractivity contribution is 5.72. The topological polar surface area (TPSA) is 130 Å². The summed E-state index contributed by atoms with van der Waals surface area (Å²) in [7, 11) is 0. The first-order chi connectivity index (χ1) is 12.9. The molecule has 0 spiro atoms. The van der Waals surface area contributed by atoms with E-state index in [1.165, 1.54) is 0 Å². The van der Waals surface area contributed by atoms with Crippen LogP contribution in [0.15, 0.2) is 0 Å². The number of nitrogens with zero attached hydrogens (tertiary/aromatic N) is 1. The van der Waals surface area contributed by atoms with Gasteiger partial charge in [0.1, 0.15) is 6.04 Å². The van der Waals surface area contributed by atoms with Gasteiger partial charge in [0.05, 0.1) is 6.54 Å². The molecule has 0 aromatic carbocycles. The first-order valence-corrected chi connectivity index (χ1v) is 9.38. The van der Waals surface area contributed by atoms with Crippen LogP contribution in [0.3, 0.4) is 0 Å². The predicted molar refractivity (Wildman–Crippen MR) is 108 cm³/mol. The Hall–Kier alpha value is -2.06. The van der Waals surface area contributed by atoms with Crippen molar-refractivity contribution in [2.24, 2.45) is 11.5 Å². The smallest absolute Gasteiger partial charge is 0.320 e. The van der Waals surface area contributed by atoms with Crippen LogP contribution in [0.1, 0.15) is 57.8 Å². The standard InChI is InChI=1S/C14H21NO2.C6H14N2O2/c1-3-5-7-9-11-15(13-14(16)17)12-10-8-6-4-2;7-4-2-1-3-5(8)6(9)10/h1-2H,5-13H2,(H,16,17);5H,1-4,7-8H2,(H,9,10). The normalized spacial score (nSPS) is 11.0. The second-order valence-electron chi connectivity index (χ2n) is 6.22. The monoisotopic (exact) mass is 381 g/mol. The number of carboxylic acid groups (broad SMARTS) is 2. The maximum Gasteiger partial charge on any atom is 0.320 e. The van der Waals surface area contributed by atoms with Gasteiger partial charge in [0.15, 0.2) is 0 Å². The molecule has 0 aliphatic carbocycles. The van der Waals surface area contributed by atoms with Crippen LogP contribution < -0.4 is 11.5 Å². The lowest BCUT2D eigenvalue weighted by Crippen LogP contribution is -2.31. The SMILES string of the molecule is C#CCCCCN(CCCCC#C)CC(=O)O.NCCCCC(N)C(=O)O. The molecule has 0 fully saturated rings. The highest BCUT2D eigenvalue weighted by atomic mass is 16.4. The minimum atomic E-state index is -0.933. The number of nitrogens with two attached hydrogens (primary N) is 2. The lowest BCUT2D eigenvalue weighted by Gasteiger charge is -2.19. The molecule has 0 saturated carbocycles. The Kier molecular flexibility index (Phi) is 20.4. The molecule has 0 rings (SSSR count). The van der Waals surface area contributed by atoms with Crippen LogP contribution in [-0.4, -0.2) is 59.3 Å². The van der Waals surface area contributed by atoms with Gasteiger partial charge in [0, 0.05) is 12.8 Å². The molecular weight excluding hydrogens is 346 g/mol. The minimum Gasteiger partial charge on any atom is -0.480 e. The van der Waals surface area contributed by atoms with Crippen LogP contribution in [0.5, 0.6) is 0 Å². The van der Waals surface area contributed by atoms with Gasteiger partial charge in [-0.15, -0.1) is 24.7 Å². The van der Waals surface area contributed by atoms with E-state index in [0.29, 0.717) is 13.0 Å². The lowest BCUT2D eigenvalue weighted by atomic mass is 10.1. The number of hydrogen-bond donors (Lipinski definition) is 4. The summed E-state index contributed by atoms with van der Waals surface area (Å²) in [6.07, 6.45) is 17.8. The van der Waals surface area contributed by atoms with E-state index in [0.717, 1.165) is 64.5 Å². The van der Waals surface area contributed by atoms with Crippen LogP contribution in [-0.2, 0) is 9.59 Å². The van der Waals surface area contributed by atoms with Crippen molar-refractivity contribution in [2.45, 2.75) is 63.8 Å². The minimum absolute atomic E-state index is 0.103. The van der Waals surface area contributed by atoms with Gasteiger partial charge in [0.2, 0.25) is 0 Å². The molecule has 0 heterocycles. The number of aliphatic carboxylic acids is 2. The molecule has 0 aliphatic heterocycles. The van der Waals surface area contributed by atoms with E-state index in [2.05, 4.69) is 11.8 Å². The predicted octanol–water partition coefficient (Wildman–Crippen LogP) is 1.51. The molecule has 1 unspecified atom stereocenters. The molecule has 0 bridgehead atoms. The highest BCUT2D eigenvalue weighted by Gasteiger charge is 2.09. The van der Waals surface area contributed by atoms with E-state index >= 15 is 0 Å². The number of hydrogen-bond acceptors (Lipinski definition) is 5. The van der Waals surface area contributed by atoms with E-state index in [9.17, 15) is 9.59 Å². The fourth-order valence-electron chi connectivity index (χ4n) is 2.22. The first-order valence-electron chi connectivity index (χ1n) is 9.38. The van der Waals surface area contributed by atoms with Gasteiger partial charge in [-0.3, -0.25) is 14.5 Å². The molecule has 1 atom stereocenters. The van der Waals surface area contributed by atoms with Crippen molar-refractivity contribution in [3.63, 3.8) is 0 Å². The Labute approximate surface area is 163 Å². The quantitative estimate of drug-likeness (QED) is 0.250. The van der Waals surface area contributed by atoms with E-state index in [-0.39, 0.29) is 6.54 Å². The molecular formula is C20H35N3O4. The summed E-state index contributed by atoms with van der Waals surface area (Å²) in [6, 6.07) is -0.716. The van der Waals surface area contributed by atoms with Crippen molar-refractivity contribution >= 4 is 11.9 Å². The van der Waals surface area contributed by atoms with Crippen molar-refractivity contribution < 1.29 is 19.8 Å². The van der Waals surface area contributed by atoms with Gasteiger partial charge in [-0.2, -0.15) is 0 Å². The molecule has 6 N–H and O–H groups in total. The third kappa shape index (κ3) is 21.9. The number of unbranched alkanes of at least 4 members (excludes halogenated alkanes) is 5. The van der Waals surface area contributed by atoms with Gasteiger partial charge in [-0.1, -0.05) is 6.42 Å². The molecule has 7 heteroatoms. The Balaban J connectivity index is 0. The summed E-state index contributed by atoms with van der Waals surface area (Å²) in [4.78, 5) is 22.8. The number of rotatable bonds is 15. The van der Waals surface area contributed by atoms with Crippen LogP contribution in [0.2, 0.25) is 0 Å². The summed E-state index contributed by atoms with van der Waals surface area (Å²) < 4.78 is 0. The Morgan fingerprint density at radius 2 is 1.44 bits per heavy atom. The molecule has 0 radical (unpaired) electrons. The van der Waals surface area contributed by atoms with Gasteiger partial charge < -0.3 is 21.7 Å². The maximum atomic E-state index is 10.7. The third-order valence-electron chi connectivity index (χ3n) is 3.74. The molecule has 27 heavy (non-hydrogen) atoms. The zero-order valence-corrected chi connectivity index (χ0v) is 16.2. The van der Waals surface area contributed by atoms with Crippen molar-refractivity contribution in [1.82, 2.24) is 4.90 Å². The Bertz CT molecular complexity index is 447. The Morgan fingerprint density at radius 1 is 0.926 bits per heavy atom. The van der Waals surface area contributed by atoms with E-state index in [4.69, 9.17) is 34.5 Å². The van der Waals surface area contributed by atoms with E-state index in [1.807, 2.05) is 4.90 Å². The average Bonchev–Trinajstić information content (AvgIpc) is 2.62. The van der Waals surface area contributed by atoms with Gasteiger partial charge in [0.25, 0.3) is 0 Å². The highest BCUT2D eigenvalue weighted by Crippen LogP contribution is 2.02. The summed E-state index contributed by atoms with van der Waals surface area (Å²) in [5.74, 6) is 3.46. The summed E-state index contributed by atoms with van der Waals surface area (Å²) in [5.41, 5.74) is 10.4. The summed E-state index contributed by atoms with van der Waals surface area (Å²) in [5, 5.41) is 17.1. The average molecular weight is 382 g/mol. The molecule has 0 aromatic heterocycles. The zero-order chi connectivity index (χ0) is 20.9. The molecule has 0 saturated heterocycles. The van der Waals surface area contributed by atoms with Crippen molar-refractivity contribution in [3.05, 3.63) is 0 Å². The largest absolute Gasteiger partial charge is 0.480 e. The number of carbonyl (C=O) groups is 2. The van der Waals surface area contributed by atoms with Crippen LogP contribution in [0.4, 0.5) is 0 Å². The lowest BCUT2D eigenvalue weighted by molar-refractivity contribution is -0.139. The first kappa shape index (κ1) is 27.2. The molecule has 7 nitrogen and oxygen atoms in total. The van der Waals surface area contributed by atoms with Crippen LogP contribution in [0.25, 0.3) is 0 Å². The number of terminal acetylenes is 2. The zero-order valence-electron chi connectivity index (χ0n) is 16.2. The second kappa shape index (κ2) is 20.3. The van der Waals surface area contributed by atoms with Gasteiger partial charge in [-0.25, -0.2) is 0 Å². The fraction of sp³-hybridized carbons (Fsp3) is 0.700.